The van der Waals surface area contributed by atoms with E-state index in [9.17, 15) is 15.0 Å². The van der Waals surface area contributed by atoms with Gasteiger partial charge in [0.05, 0.1) is 25.9 Å². The standard InChI is InChI=1S/C9H17NO6/c1-2-15-9(14)10-5-4-16-6(3-11)8(13)7(5)12/h5-8,11-13H,2-4H2,1H3,(H,10,14)/t5?,6-,7-,8-/m1/s1. The molecule has 0 aromatic rings. The lowest BCUT2D eigenvalue weighted by atomic mass is 9.99. The second-order valence-electron chi connectivity index (χ2n) is 3.51. The average molecular weight is 235 g/mol. The van der Waals surface area contributed by atoms with Gasteiger partial charge in [0.1, 0.15) is 18.3 Å². The van der Waals surface area contributed by atoms with Crippen molar-refractivity contribution in [1.82, 2.24) is 5.32 Å². The van der Waals surface area contributed by atoms with Crippen LogP contribution in [0.5, 0.6) is 0 Å². The third kappa shape index (κ3) is 3.05. The predicted molar refractivity (Wildman–Crippen MR) is 52.8 cm³/mol. The minimum atomic E-state index is -1.23. The van der Waals surface area contributed by atoms with Crippen LogP contribution in [0.15, 0.2) is 0 Å². The summed E-state index contributed by atoms with van der Waals surface area (Å²) in [5.74, 6) is 0. The Bertz CT molecular complexity index is 236. The van der Waals surface area contributed by atoms with E-state index in [1.807, 2.05) is 0 Å². The van der Waals surface area contributed by atoms with Crippen LogP contribution in [-0.4, -0.2) is 65.6 Å². The Hall–Kier alpha value is -0.890. The lowest BCUT2D eigenvalue weighted by Gasteiger charge is -2.36. The van der Waals surface area contributed by atoms with Gasteiger partial charge in [-0.1, -0.05) is 0 Å². The van der Waals surface area contributed by atoms with Gasteiger partial charge >= 0.3 is 6.09 Å². The Morgan fingerprint density at radius 3 is 2.75 bits per heavy atom. The van der Waals surface area contributed by atoms with E-state index in [0.29, 0.717) is 0 Å². The molecule has 1 aliphatic rings. The largest absolute Gasteiger partial charge is 0.450 e. The van der Waals surface area contributed by atoms with Crippen LogP contribution in [0.1, 0.15) is 6.92 Å². The normalized spacial score (nSPS) is 34.5. The van der Waals surface area contributed by atoms with Crippen molar-refractivity contribution in [2.24, 2.45) is 0 Å². The molecule has 4 N–H and O–H groups in total. The van der Waals surface area contributed by atoms with Gasteiger partial charge in [-0.25, -0.2) is 4.79 Å². The van der Waals surface area contributed by atoms with E-state index in [4.69, 9.17) is 9.84 Å². The fraction of sp³-hybridized carbons (Fsp3) is 0.889. The Morgan fingerprint density at radius 1 is 1.50 bits per heavy atom. The van der Waals surface area contributed by atoms with Gasteiger partial charge in [-0.3, -0.25) is 0 Å². The fourth-order valence-corrected chi connectivity index (χ4v) is 1.49. The molecule has 7 heteroatoms. The molecule has 1 saturated heterocycles. The number of alkyl carbamates (subject to hydrolysis) is 1. The summed E-state index contributed by atoms with van der Waals surface area (Å²) in [5, 5.41) is 30.4. The number of nitrogens with one attached hydrogen (secondary N) is 1. The third-order valence-corrected chi connectivity index (χ3v) is 2.39. The van der Waals surface area contributed by atoms with E-state index in [1.54, 1.807) is 6.92 Å². The maximum Gasteiger partial charge on any atom is 0.407 e. The SMILES string of the molecule is CCOC(=O)NC1CO[C@H](CO)[C@@H](O)[C@@H]1O. The number of ether oxygens (including phenoxy) is 2. The number of hydrogen-bond donors (Lipinski definition) is 4. The zero-order valence-electron chi connectivity index (χ0n) is 9.00. The molecule has 0 aromatic carbocycles. The topological polar surface area (TPSA) is 108 Å². The number of amides is 1. The lowest BCUT2D eigenvalue weighted by molar-refractivity contribution is -0.160. The summed E-state index contributed by atoms with van der Waals surface area (Å²) in [6, 6.07) is -0.739. The Labute approximate surface area is 93.0 Å². The number of aliphatic hydroxyl groups is 3. The van der Waals surface area contributed by atoms with Crippen LogP contribution < -0.4 is 5.32 Å². The van der Waals surface area contributed by atoms with Crippen LogP contribution in [0.4, 0.5) is 4.79 Å². The number of carbonyl (C=O) groups is 1. The lowest BCUT2D eigenvalue weighted by Crippen LogP contribution is -2.60. The van der Waals surface area contributed by atoms with Gasteiger partial charge in [0, 0.05) is 0 Å². The first-order valence-electron chi connectivity index (χ1n) is 5.12. The van der Waals surface area contributed by atoms with Crippen molar-refractivity contribution >= 4 is 6.09 Å². The number of rotatable bonds is 3. The smallest absolute Gasteiger partial charge is 0.407 e. The van der Waals surface area contributed by atoms with E-state index in [0.717, 1.165) is 0 Å². The average Bonchev–Trinajstić information content (AvgIpc) is 2.25. The molecule has 1 heterocycles. The van der Waals surface area contributed by atoms with Crippen LogP contribution in [-0.2, 0) is 9.47 Å². The minimum Gasteiger partial charge on any atom is -0.450 e. The molecule has 94 valence electrons. The third-order valence-electron chi connectivity index (χ3n) is 2.39. The first kappa shape index (κ1) is 13.2. The van der Waals surface area contributed by atoms with Gasteiger partial charge in [0.25, 0.3) is 0 Å². The molecule has 1 fully saturated rings. The fourth-order valence-electron chi connectivity index (χ4n) is 1.49. The Kier molecular flexibility index (Phi) is 4.94. The zero-order valence-corrected chi connectivity index (χ0v) is 9.00. The highest BCUT2D eigenvalue weighted by Gasteiger charge is 2.38. The van der Waals surface area contributed by atoms with Gasteiger partial charge in [0.15, 0.2) is 0 Å². The molecule has 0 aromatic heterocycles. The highest BCUT2D eigenvalue weighted by Crippen LogP contribution is 2.15. The Balaban J connectivity index is 2.48. The van der Waals surface area contributed by atoms with Crippen molar-refractivity contribution in [1.29, 1.82) is 0 Å². The number of carbonyl (C=O) groups excluding carboxylic acids is 1. The van der Waals surface area contributed by atoms with E-state index < -0.39 is 30.4 Å². The van der Waals surface area contributed by atoms with Crippen LogP contribution >= 0.6 is 0 Å². The van der Waals surface area contributed by atoms with E-state index >= 15 is 0 Å². The van der Waals surface area contributed by atoms with Gasteiger partial charge in [0.2, 0.25) is 0 Å². The maximum absolute atomic E-state index is 11.1. The Morgan fingerprint density at radius 2 is 2.19 bits per heavy atom. The van der Waals surface area contributed by atoms with Gasteiger partial charge in [-0.05, 0) is 6.92 Å². The monoisotopic (exact) mass is 235 g/mol. The number of aliphatic hydroxyl groups excluding tert-OH is 3. The van der Waals surface area contributed by atoms with Crippen LogP contribution in [0.25, 0.3) is 0 Å². The zero-order chi connectivity index (χ0) is 12.1. The summed E-state index contributed by atoms with van der Waals surface area (Å²) in [7, 11) is 0. The van der Waals surface area contributed by atoms with Crippen molar-refractivity contribution in [2.75, 3.05) is 19.8 Å². The minimum absolute atomic E-state index is 0.0161. The predicted octanol–water partition coefficient (Wildman–Crippen LogP) is -1.79. The number of hydrogen-bond acceptors (Lipinski definition) is 6. The molecule has 0 spiro atoms. The summed E-state index contributed by atoms with van der Waals surface area (Å²) < 4.78 is 9.70. The second-order valence-corrected chi connectivity index (χ2v) is 3.51. The first-order chi connectivity index (χ1) is 7.60. The molecule has 0 saturated carbocycles. The molecular formula is C9H17NO6. The van der Waals surface area contributed by atoms with E-state index in [-0.39, 0.29) is 19.8 Å². The van der Waals surface area contributed by atoms with Crippen LogP contribution in [0, 0.1) is 0 Å². The summed E-state index contributed by atoms with van der Waals surface area (Å²) in [4.78, 5) is 11.1. The molecule has 4 atom stereocenters. The quantitative estimate of drug-likeness (QED) is 0.460. The highest BCUT2D eigenvalue weighted by molar-refractivity contribution is 5.67. The molecule has 1 rings (SSSR count). The summed E-state index contributed by atoms with van der Waals surface area (Å²) in [6.45, 7) is 1.51. The van der Waals surface area contributed by atoms with Crippen LogP contribution in [0.2, 0.25) is 0 Å². The van der Waals surface area contributed by atoms with Crippen molar-refractivity contribution < 1.29 is 29.6 Å². The maximum atomic E-state index is 11.1. The second kappa shape index (κ2) is 6.00. The van der Waals surface area contributed by atoms with Gasteiger partial charge in [-0.2, -0.15) is 0 Å². The van der Waals surface area contributed by atoms with Gasteiger partial charge < -0.3 is 30.1 Å². The van der Waals surface area contributed by atoms with Crippen molar-refractivity contribution in [3.63, 3.8) is 0 Å². The van der Waals surface area contributed by atoms with Crippen molar-refractivity contribution in [3.8, 4) is 0 Å². The van der Waals surface area contributed by atoms with E-state index in [1.165, 1.54) is 0 Å². The summed E-state index contributed by atoms with van der Waals surface area (Å²) in [6.07, 6.45) is -3.92. The molecule has 1 aliphatic heterocycles. The molecule has 1 unspecified atom stereocenters. The van der Waals surface area contributed by atoms with Crippen molar-refractivity contribution in [2.45, 2.75) is 31.3 Å². The molecule has 7 nitrogen and oxygen atoms in total. The molecule has 1 amide bonds. The first-order valence-corrected chi connectivity index (χ1v) is 5.12. The molecule has 0 radical (unpaired) electrons. The molecule has 0 aliphatic carbocycles. The summed E-state index contributed by atoms with van der Waals surface area (Å²) >= 11 is 0. The van der Waals surface area contributed by atoms with Gasteiger partial charge in [-0.15, -0.1) is 0 Å². The van der Waals surface area contributed by atoms with Crippen LogP contribution in [0.3, 0.4) is 0 Å². The molecule has 16 heavy (non-hydrogen) atoms. The van der Waals surface area contributed by atoms with Crippen molar-refractivity contribution in [3.05, 3.63) is 0 Å². The highest BCUT2D eigenvalue weighted by atomic mass is 16.6. The molecular weight excluding hydrogens is 218 g/mol. The van der Waals surface area contributed by atoms with E-state index in [2.05, 4.69) is 10.1 Å². The summed E-state index contributed by atoms with van der Waals surface area (Å²) in [5.41, 5.74) is 0. The molecule has 0 bridgehead atoms.